The number of carbonyl (C=O) groups excluding carboxylic acids is 1. The second-order valence-electron chi connectivity index (χ2n) is 4.53. The Morgan fingerprint density at radius 3 is 2.13 bits per heavy atom. The molecule has 0 saturated carbocycles. The quantitative estimate of drug-likeness (QED) is 0.635. The van der Waals surface area contributed by atoms with Gasteiger partial charge in [-0.15, -0.1) is 0 Å². The van der Waals surface area contributed by atoms with Crippen LogP contribution in [-0.2, 0) is 23.7 Å². The first-order valence-corrected chi connectivity index (χ1v) is 5.05. The van der Waals surface area contributed by atoms with Gasteiger partial charge in [0.2, 0.25) is 0 Å². The summed E-state index contributed by atoms with van der Waals surface area (Å²) >= 11 is 0. The van der Waals surface area contributed by atoms with Crippen molar-refractivity contribution in [2.75, 3.05) is 19.8 Å². The Hall–Kier alpha value is -0.650. The lowest BCUT2D eigenvalue weighted by molar-refractivity contribution is -0.486. The molecule has 3 aliphatic rings. The lowest BCUT2D eigenvalue weighted by Crippen LogP contribution is -2.63. The first-order valence-electron chi connectivity index (χ1n) is 5.05. The average Bonchev–Trinajstić information content (AvgIpc) is 2.18. The standard InChI is InChI=1S/C10H16O5/c1-7(15-8(2)11)10-12-4-9(3,5-13-10)6-14-10/h7H,4-6H2,1-3H3. The Labute approximate surface area is 88.6 Å². The molecule has 0 amide bonds. The van der Waals surface area contributed by atoms with Gasteiger partial charge in [0.1, 0.15) is 0 Å². The molecule has 5 heteroatoms. The Bertz CT molecular complexity index is 250. The highest BCUT2D eigenvalue weighted by Crippen LogP contribution is 2.40. The SMILES string of the molecule is CC(=O)OC(C)C12OCC(C)(CO1)CO2. The van der Waals surface area contributed by atoms with Gasteiger partial charge >= 0.3 is 11.9 Å². The van der Waals surface area contributed by atoms with E-state index < -0.39 is 12.1 Å². The number of rotatable bonds is 2. The van der Waals surface area contributed by atoms with Crippen molar-refractivity contribution in [3.05, 3.63) is 0 Å². The van der Waals surface area contributed by atoms with Gasteiger partial charge in [0.25, 0.3) is 0 Å². The van der Waals surface area contributed by atoms with Gasteiger partial charge < -0.3 is 18.9 Å². The monoisotopic (exact) mass is 216 g/mol. The molecule has 3 rings (SSSR count). The summed E-state index contributed by atoms with van der Waals surface area (Å²) < 4.78 is 21.6. The highest BCUT2D eigenvalue weighted by molar-refractivity contribution is 5.66. The third-order valence-electron chi connectivity index (χ3n) is 2.71. The summed E-state index contributed by atoms with van der Waals surface area (Å²) in [7, 11) is 0. The molecule has 3 aliphatic heterocycles. The molecule has 0 aromatic carbocycles. The molecule has 0 radical (unpaired) electrons. The number of carbonyl (C=O) groups is 1. The summed E-state index contributed by atoms with van der Waals surface area (Å²) in [6, 6.07) is 0. The van der Waals surface area contributed by atoms with Crippen molar-refractivity contribution in [2.45, 2.75) is 32.8 Å². The van der Waals surface area contributed by atoms with Gasteiger partial charge in [-0.25, -0.2) is 0 Å². The van der Waals surface area contributed by atoms with Crippen LogP contribution in [0.3, 0.4) is 0 Å². The van der Waals surface area contributed by atoms with Gasteiger partial charge in [0.15, 0.2) is 6.10 Å². The normalized spacial score (nSPS) is 41.3. The van der Waals surface area contributed by atoms with E-state index in [1.807, 2.05) is 6.92 Å². The molecular weight excluding hydrogens is 200 g/mol. The summed E-state index contributed by atoms with van der Waals surface area (Å²) in [6.45, 7) is 6.79. The number of hydrogen-bond acceptors (Lipinski definition) is 5. The second-order valence-corrected chi connectivity index (χ2v) is 4.53. The zero-order valence-corrected chi connectivity index (χ0v) is 9.24. The van der Waals surface area contributed by atoms with E-state index in [0.29, 0.717) is 19.8 Å². The van der Waals surface area contributed by atoms with Crippen LogP contribution in [0.5, 0.6) is 0 Å². The fraction of sp³-hybridized carbons (Fsp3) is 0.900. The van der Waals surface area contributed by atoms with E-state index in [2.05, 4.69) is 0 Å². The maximum atomic E-state index is 10.8. The first-order chi connectivity index (χ1) is 6.96. The molecule has 0 aliphatic carbocycles. The van der Waals surface area contributed by atoms with Crippen LogP contribution in [0.15, 0.2) is 0 Å². The summed E-state index contributed by atoms with van der Waals surface area (Å²) in [5.74, 6) is -1.56. The number of ether oxygens (including phenoxy) is 4. The maximum absolute atomic E-state index is 10.8. The van der Waals surface area contributed by atoms with E-state index in [0.717, 1.165) is 0 Å². The number of esters is 1. The second kappa shape index (κ2) is 3.43. The van der Waals surface area contributed by atoms with Crippen LogP contribution in [0, 0.1) is 5.41 Å². The summed E-state index contributed by atoms with van der Waals surface area (Å²) in [6.07, 6.45) is -0.556. The first kappa shape index (κ1) is 10.9. The summed E-state index contributed by atoms with van der Waals surface area (Å²) in [5, 5.41) is 0. The highest BCUT2D eigenvalue weighted by Gasteiger charge is 2.54. The molecule has 3 fully saturated rings. The smallest absolute Gasteiger partial charge is 0.322 e. The fourth-order valence-corrected chi connectivity index (χ4v) is 1.75. The third-order valence-corrected chi connectivity index (χ3v) is 2.71. The third kappa shape index (κ3) is 1.87. The van der Waals surface area contributed by atoms with Gasteiger partial charge in [0, 0.05) is 12.3 Å². The number of hydrogen-bond donors (Lipinski definition) is 0. The minimum atomic E-state index is -1.19. The van der Waals surface area contributed by atoms with Crippen LogP contribution in [0.4, 0.5) is 0 Å². The molecule has 5 nitrogen and oxygen atoms in total. The fourth-order valence-electron chi connectivity index (χ4n) is 1.75. The summed E-state index contributed by atoms with van der Waals surface area (Å²) in [4.78, 5) is 10.8. The Kier molecular flexibility index (Phi) is 2.48. The van der Waals surface area contributed by atoms with Gasteiger partial charge in [0.05, 0.1) is 19.8 Å². The Balaban J connectivity index is 2.05. The van der Waals surface area contributed by atoms with Crippen molar-refractivity contribution < 1.29 is 23.7 Å². The van der Waals surface area contributed by atoms with Crippen molar-refractivity contribution in [1.29, 1.82) is 0 Å². The van der Waals surface area contributed by atoms with Crippen molar-refractivity contribution in [3.63, 3.8) is 0 Å². The van der Waals surface area contributed by atoms with E-state index in [1.54, 1.807) is 6.92 Å². The molecule has 0 aromatic rings. The van der Waals surface area contributed by atoms with Crippen molar-refractivity contribution >= 4 is 5.97 Å². The maximum Gasteiger partial charge on any atom is 0.322 e. The van der Waals surface area contributed by atoms with E-state index in [9.17, 15) is 4.79 Å². The van der Waals surface area contributed by atoms with Crippen LogP contribution in [0.1, 0.15) is 20.8 Å². The molecule has 86 valence electrons. The minimum absolute atomic E-state index is 0.0717. The van der Waals surface area contributed by atoms with E-state index >= 15 is 0 Å². The van der Waals surface area contributed by atoms with Crippen molar-refractivity contribution in [3.8, 4) is 0 Å². The molecule has 0 aromatic heterocycles. The van der Waals surface area contributed by atoms with Crippen LogP contribution in [0.25, 0.3) is 0 Å². The topological polar surface area (TPSA) is 54.0 Å². The molecule has 1 atom stereocenters. The molecule has 1 unspecified atom stereocenters. The Morgan fingerprint density at radius 1 is 1.27 bits per heavy atom. The van der Waals surface area contributed by atoms with Gasteiger partial charge in [-0.2, -0.15) is 0 Å². The number of fused-ring (bicyclic) bond motifs is 3. The molecular formula is C10H16O5. The zero-order chi connectivity index (χ0) is 11.1. The predicted molar refractivity (Wildman–Crippen MR) is 49.9 cm³/mol. The van der Waals surface area contributed by atoms with Crippen molar-refractivity contribution in [1.82, 2.24) is 0 Å². The molecule has 3 heterocycles. The van der Waals surface area contributed by atoms with Crippen molar-refractivity contribution in [2.24, 2.45) is 5.41 Å². The molecule has 0 N–H and O–H groups in total. The van der Waals surface area contributed by atoms with Crippen LogP contribution in [-0.4, -0.2) is 37.9 Å². The molecule has 0 spiro atoms. The molecule has 3 saturated heterocycles. The largest absolute Gasteiger partial charge is 0.454 e. The minimum Gasteiger partial charge on any atom is -0.454 e. The van der Waals surface area contributed by atoms with Gasteiger partial charge in [-0.1, -0.05) is 6.92 Å². The highest BCUT2D eigenvalue weighted by atomic mass is 16.9. The lowest BCUT2D eigenvalue weighted by Gasteiger charge is -2.51. The summed E-state index contributed by atoms with van der Waals surface area (Å²) in [5.41, 5.74) is -0.0717. The van der Waals surface area contributed by atoms with Crippen LogP contribution in [0.2, 0.25) is 0 Å². The van der Waals surface area contributed by atoms with Crippen LogP contribution >= 0.6 is 0 Å². The Morgan fingerprint density at radius 2 is 1.73 bits per heavy atom. The average molecular weight is 216 g/mol. The molecule has 2 bridgehead atoms. The van der Waals surface area contributed by atoms with E-state index in [-0.39, 0.29) is 11.4 Å². The lowest BCUT2D eigenvalue weighted by atomic mass is 9.91. The van der Waals surface area contributed by atoms with Gasteiger partial charge in [-0.05, 0) is 6.92 Å². The molecule has 15 heavy (non-hydrogen) atoms. The zero-order valence-electron chi connectivity index (χ0n) is 9.24. The van der Waals surface area contributed by atoms with Crippen LogP contribution < -0.4 is 0 Å². The van der Waals surface area contributed by atoms with E-state index in [4.69, 9.17) is 18.9 Å². The van der Waals surface area contributed by atoms with E-state index in [1.165, 1.54) is 6.92 Å². The van der Waals surface area contributed by atoms with Gasteiger partial charge in [-0.3, -0.25) is 4.79 Å². The predicted octanol–water partition coefficient (Wildman–Crippen LogP) is 0.675.